The summed E-state index contributed by atoms with van der Waals surface area (Å²) >= 11 is 0. The van der Waals surface area contributed by atoms with Crippen LogP contribution in [0.5, 0.6) is 0 Å². The van der Waals surface area contributed by atoms with Crippen molar-refractivity contribution in [3.05, 3.63) is 0 Å². The quantitative estimate of drug-likeness (QED) is 0.574. The van der Waals surface area contributed by atoms with Crippen molar-refractivity contribution in [3.8, 4) is 0 Å². The second kappa shape index (κ2) is 4.42. The molecule has 12 heavy (non-hydrogen) atoms. The Morgan fingerprint density at radius 3 is 2.92 bits per heavy atom. The van der Waals surface area contributed by atoms with E-state index in [0.29, 0.717) is 12.6 Å². The Labute approximate surface area is 73.3 Å². The molecule has 0 bridgehead atoms. The molecule has 4 nitrogen and oxygen atoms in total. The molecule has 1 rings (SSSR count). The molecule has 0 aromatic heterocycles. The van der Waals surface area contributed by atoms with Gasteiger partial charge in [0, 0.05) is 19.6 Å². The van der Waals surface area contributed by atoms with Gasteiger partial charge in [0.05, 0.1) is 6.54 Å². The zero-order valence-corrected chi connectivity index (χ0v) is 7.76. The molecule has 2 N–H and O–H groups in total. The third-order valence-corrected chi connectivity index (χ3v) is 2.22. The van der Waals surface area contributed by atoms with Crippen molar-refractivity contribution >= 4 is 5.91 Å². The lowest BCUT2D eigenvalue weighted by atomic mass is 10.2. The molecule has 0 spiro atoms. The number of likely N-dealkylation sites (tertiary alicyclic amines) is 1. The molecule has 1 aliphatic rings. The molecule has 1 atom stereocenters. The highest BCUT2D eigenvalue weighted by Gasteiger charge is 2.18. The summed E-state index contributed by atoms with van der Waals surface area (Å²) in [6.07, 6.45) is 1.15. The second-order valence-electron chi connectivity index (χ2n) is 3.30. The Bertz CT molecular complexity index is 160. The average Bonchev–Trinajstić information content (AvgIpc) is 2.47. The van der Waals surface area contributed by atoms with Gasteiger partial charge in [0.2, 0.25) is 5.91 Å². The fourth-order valence-corrected chi connectivity index (χ4v) is 1.43. The van der Waals surface area contributed by atoms with Gasteiger partial charge in [0.25, 0.3) is 0 Å². The van der Waals surface area contributed by atoms with E-state index in [0.717, 1.165) is 19.5 Å². The Kier molecular flexibility index (Phi) is 3.49. The first kappa shape index (κ1) is 9.48. The van der Waals surface area contributed by atoms with Crippen LogP contribution in [0.4, 0.5) is 0 Å². The van der Waals surface area contributed by atoms with Crippen molar-refractivity contribution in [2.75, 3.05) is 33.7 Å². The fourth-order valence-electron chi connectivity index (χ4n) is 1.43. The van der Waals surface area contributed by atoms with Crippen molar-refractivity contribution in [3.63, 3.8) is 0 Å². The van der Waals surface area contributed by atoms with Crippen LogP contribution in [0, 0.1) is 0 Å². The molecule has 1 unspecified atom stereocenters. The molecule has 1 aliphatic heterocycles. The predicted octanol–water partition coefficient (Wildman–Crippen LogP) is -0.974. The van der Waals surface area contributed by atoms with Crippen LogP contribution < -0.4 is 10.6 Å². The van der Waals surface area contributed by atoms with Crippen LogP contribution in [0.2, 0.25) is 0 Å². The molecule has 0 aromatic rings. The summed E-state index contributed by atoms with van der Waals surface area (Å²) in [5, 5.41) is 5.79. The number of carbonyl (C=O) groups is 1. The Morgan fingerprint density at radius 2 is 2.42 bits per heavy atom. The second-order valence-corrected chi connectivity index (χ2v) is 3.30. The van der Waals surface area contributed by atoms with Gasteiger partial charge in [0.15, 0.2) is 0 Å². The number of rotatable bonds is 3. The van der Waals surface area contributed by atoms with E-state index in [2.05, 4.69) is 22.6 Å². The third kappa shape index (κ3) is 2.79. The maximum atomic E-state index is 10.9. The van der Waals surface area contributed by atoms with Gasteiger partial charge < -0.3 is 15.5 Å². The highest BCUT2D eigenvalue weighted by atomic mass is 16.1. The van der Waals surface area contributed by atoms with Gasteiger partial charge in [-0.3, -0.25) is 4.79 Å². The van der Waals surface area contributed by atoms with Gasteiger partial charge in [-0.15, -0.1) is 0 Å². The van der Waals surface area contributed by atoms with Crippen LogP contribution in [0.1, 0.15) is 6.42 Å². The highest BCUT2D eigenvalue weighted by Crippen LogP contribution is 2.04. The summed E-state index contributed by atoms with van der Waals surface area (Å²) in [7, 11) is 3.76. The lowest BCUT2D eigenvalue weighted by molar-refractivity contribution is -0.119. The van der Waals surface area contributed by atoms with E-state index in [1.54, 1.807) is 7.05 Å². The predicted molar refractivity (Wildman–Crippen MR) is 48.0 cm³/mol. The first-order valence-electron chi connectivity index (χ1n) is 4.35. The average molecular weight is 171 g/mol. The van der Waals surface area contributed by atoms with E-state index in [4.69, 9.17) is 0 Å². The minimum absolute atomic E-state index is 0.0598. The van der Waals surface area contributed by atoms with Crippen LogP contribution in [-0.2, 0) is 4.79 Å². The summed E-state index contributed by atoms with van der Waals surface area (Å²) in [4.78, 5) is 13.1. The molecule has 4 heteroatoms. The summed E-state index contributed by atoms with van der Waals surface area (Å²) in [5.41, 5.74) is 0. The number of hydrogen-bond acceptors (Lipinski definition) is 3. The van der Waals surface area contributed by atoms with Gasteiger partial charge in [0.1, 0.15) is 0 Å². The molecular weight excluding hydrogens is 154 g/mol. The highest BCUT2D eigenvalue weighted by molar-refractivity contribution is 5.77. The van der Waals surface area contributed by atoms with Crippen molar-refractivity contribution in [1.82, 2.24) is 15.5 Å². The lowest BCUT2D eigenvalue weighted by Crippen LogP contribution is -2.39. The topological polar surface area (TPSA) is 44.4 Å². The van der Waals surface area contributed by atoms with Gasteiger partial charge in [-0.25, -0.2) is 0 Å². The Hall–Kier alpha value is -0.610. The molecule has 1 heterocycles. The van der Waals surface area contributed by atoms with Crippen molar-refractivity contribution in [2.24, 2.45) is 0 Å². The minimum atomic E-state index is 0.0598. The van der Waals surface area contributed by atoms with Crippen molar-refractivity contribution in [2.45, 2.75) is 12.5 Å². The molecule has 1 saturated heterocycles. The molecular formula is C8H17N3O. The zero-order chi connectivity index (χ0) is 8.97. The summed E-state index contributed by atoms with van der Waals surface area (Å²) in [6.45, 7) is 2.62. The largest absolute Gasteiger partial charge is 0.358 e. The normalized spacial score (nSPS) is 24.3. The molecule has 1 fully saturated rings. The zero-order valence-electron chi connectivity index (χ0n) is 7.76. The van der Waals surface area contributed by atoms with Crippen molar-refractivity contribution < 1.29 is 4.79 Å². The number of carbonyl (C=O) groups excluding carboxylic acids is 1. The summed E-state index contributed by atoms with van der Waals surface area (Å²) in [6, 6.07) is 0.493. The molecule has 0 radical (unpaired) electrons. The number of nitrogens with one attached hydrogen (secondary N) is 2. The minimum Gasteiger partial charge on any atom is -0.358 e. The molecule has 0 aromatic carbocycles. The molecule has 0 saturated carbocycles. The van der Waals surface area contributed by atoms with Gasteiger partial charge >= 0.3 is 0 Å². The fraction of sp³-hybridized carbons (Fsp3) is 0.875. The van der Waals surface area contributed by atoms with E-state index >= 15 is 0 Å². The van der Waals surface area contributed by atoms with Crippen LogP contribution >= 0.6 is 0 Å². The smallest absolute Gasteiger partial charge is 0.233 e. The lowest BCUT2D eigenvalue weighted by Gasteiger charge is -2.11. The standard InChI is InChI=1S/C8H17N3O/c1-9-8(12)5-10-7-3-4-11(2)6-7/h7,10H,3-6H2,1-2H3,(H,9,12). The number of nitrogens with zero attached hydrogens (tertiary/aromatic N) is 1. The SMILES string of the molecule is CNC(=O)CNC1CCN(C)C1. The molecule has 70 valence electrons. The maximum Gasteiger partial charge on any atom is 0.233 e. The van der Waals surface area contributed by atoms with E-state index < -0.39 is 0 Å². The van der Waals surface area contributed by atoms with E-state index in [-0.39, 0.29) is 5.91 Å². The summed E-state index contributed by atoms with van der Waals surface area (Å²) in [5.74, 6) is 0.0598. The van der Waals surface area contributed by atoms with Crippen LogP contribution in [0.25, 0.3) is 0 Å². The molecule has 1 amide bonds. The number of likely N-dealkylation sites (N-methyl/N-ethyl adjacent to an activating group) is 2. The maximum absolute atomic E-state index is 10.9. The number of hydrogen-bond donors (Lipinski definition) is 2. The van der Waals surface area contributed by atoms with Crippen LogP contribution in [0.3, 0.4) is 0 Å². The Morgan fingerprint density at radius 1 is 1.67 bits per heavy atom. The van der Waals surface area contributed by atoms with Gasteiger partial charge in [-0.05, 0) is 20.0 Å². The third-order valence-electron chi connectivity index (χ3n) is 2.22. The van der Waals surface area contributed by atoms with E-state index in [1.807, 2.05) is 0 Å². The van der Waals surface area contributed by atoms with Gasteiger partial charge in [-0.1, -0.05) is 0 Å². The van der Waals surface area contributed by atoms with Crippen LogP contribution in [-0.4, -0.2) is 50.6 Å². The first-order valence-corrected chi connectivity index (χ1v) is 4.35. The van der Waals surface area contributed by atoms with Crippen LogP contribution in [0.15, 0.2) is 0 Å². The van der Waals surface area contributed by atoms with E-state index in [9.17, 15) is 4.79 Å². The summed E-state index contributed by atoms with van der Waals surface area (Å²) < 4.78 is 0. The Balaban J connectivity index is 2.11. The number of amides is 1. The van der Waals surface area contributed by atoms with E-state index in [1.165, 1.54) is 0 Å². The van der Waals surface area contributed by atoms with Gasteiger partial charge in [-0.2, -0.15) is 0 Å². The first-order chi connectivity index (χ1) is 5.72. The van der Waals surface area contributed by atoms with Crippen molar-refractivity contribution in [1.29, 1.82) is 0 Å². The monoisotopic (exact) mass is 171 g/mol. The molecule has 0 aliphatic carbocycles.